The zero-order valence-electron chi connectivity index (χ0n) is 20.2. The van der Waals surface area contributed by atoms with Crippen LogP contribution in [0.5, 0.6) is 0 Å². The molecule has 0 aliphatic rings. The van der Waals surface area contributed by atoms with Gasteiger partial charge in [-0.25, -0.2) is 13.6 Å². The van der Waals surface area contributed by atoms with Gasteiger partial charge in [-0.15, -0.1) is 0 Å². The molecule has 1 amide bonds. The summed E-state index contributed by atoms with van der Waals surface area (Å²) in [6.07, 6.45) is -3.76. The van der Waals surface area contributed by atoms with Crippen molar-refractivity contribution in [3.05, 3.63) is 123 Å². The van der Waals surface area contributed by atoms with Crippen LogP contribution < -0.4 is 10.9 Å². The number of nitrogens with zero attached hydrogens (tertiary/aromatic N) is 1. The first-order valence-electron chi connectivity index (χ1n) is 11.5. The second-order valence-corrected chi connectivity index (χ2v) is 9.13. The molecule has 0 saturated heterocycles. The lowest BCUT2D eigenvalue weighted by molar-refractivity contribution is -0.141. The molecular weight excluding hydrogens is 559 g/mol. The Balaban J connectivity index is 1.80. The molecule has 4 aromatic rings. The van der Waals surface area contributed by atoms with Crippen molar-refractivity contribution in [2.75, 3.05) is 5.32 Å². The van der Waals surface area contributed by atoms with Crippen LogP contribution in [0.25, 0.3) is 11.1 Å². The number of alkyl halides is 3. The fourth-order valence-electron chi connectivity index (χ4n) is 3.95. The van der Waals surface area contributed by atoms with Crippen LogP contribution in [0.4, 0.5) is 27.6 Å². The Morgan fingerprint density at radius 2 is 1.60 bits per heavy atom. The molecule has 12 heteroatoms. The second-order valence-electron chi connectivity index (χ2n) is 8.69. The van der Waals surface area contributed by atoms with E-state index in [1.165, 1.54) is 12.1 Å². The number of rotatable bonds is 7. The first-order chi connectivity index (χ1) is 18.8. The summed E-state index contributed by atoms with van der Waals surface area (Å²) in [5.41, 5.74) is -2.45. The molecule has 1 unspecified atom stereocenters. The van der Waals surface area contributed by atoms with Crippen LogP contribution in [-0.2, 0) is 17.4 Å². The van der Waals surface area contributed by atoms with E-state index in [1.54, 1.807) is 12.1 Å². The molecule has 1 heterocycles. The van der Waals surface area contributed by atoms with Crippen LogP contribution in [-0.4, -0.2) is 21.6 Å². The van der Waals surface area contributed by atoms with Crippen LogP contribution in [0.15, 0.2) is 83.8 Å². The number of halogens is 6. The molecule has 1 atom stereocenters. The highest BCUT2D eigenvalue weighted by molar-refractivity contribution is 6.30. The van der Waals surface area contributed by atoms with Crippen molar-refractivity contribution in [3.63, 3.8) is 0 Å². The van der Waals surface area contributed by atoms with Crippen molar-refractivity contribution in [2.24, 2.45) is 0 Å². The molecule has 3 aromatic carbocycles. The zero-order chi connectivity index (χ0) is 29.2. The van der Waals surface area contributed by atoms with Crippen molar-refractivity contribution in [1.82, 2.24) is 4.57 Å². The summed E-state index contributed by atoms with van der Waals surface area (Å²) in [5, 5.41) is 12.6. The van der Waals surface area contributed by atoms with E-state index >= 15 is 0 Å². The molecule has 0 saturated carbocycles. The number of carbonyl (C=O) groups excluding carboxylic acids is 1. The Morgan fingerprint density at radius 3 is 2.17 bits per heavy atom. The standard InChI is InChI=1S/C28H18ClF5N2O4/c29-19-7-1-15(2-8-19)11-24(27(39)40)36-14-17(21-10-9-20(30)13-22(21)31)12-23(26(36)38)35-25(37)16-3-5-18(6-4-16)28(32,33)34/h1-10,12-14,24H,11H2,(H,35,37)(H,39,40). The number of hydrogen-bond acceptors (Lipinski definition) is 3. The van der Waals surface area contributed by atoms with Crippen LogP contribution in [0.3, 0.4) is 0 Å². The first-order valence-corrected chi connectivity index (χ1v) is 11.9. The molecule has 0 aliphatic heterocycles. The minimum atomic E-state index is -4.63. The number of aliphatic carboxylic acids is 1. The van der Waals surface area contributed by atoms with Gasteiger partial charge in [0.15, 0.2) is 0 Å². The number of carbonyl (C=O) groups is 2. The maximum absolute atomic E-state index is 14.7. The molecular formula is C28H18ClF5N2O4. The molecule has 0 spiro atoms. The third kappa shape index (κ3) is 6.37. The number of carboxylic acids is 1. The number of amides is 1. The lowest BCUT2D eigenvalue weighted by Crippen LogP contribution is -2.33. The van der Waals surface area contributed by atoms with Crippen LogP contribution in [0.2, 0.25) is 5.02 Å². The van der Waals surface area contributed by atoms with Crippen molar-refractivity contribution in [2.45, 2.75) is 18.6 Å². The van der Waals surface area contributed by atoms with Gasteiger partial charge in [0.2, 0.25) is 0 Å². The number of aromatic nitrogens is 1. The van der Waals surface area contributed by atoms with Gasteiger partial charge < -0.3 is 10.4 Å². The Labute approximate surface area is 228 Å². The number of anilines is 1. The van der Waals surface area contributed by atoms with E-state index in [1.807, 2.05) is 0 Å². The Morgan fingerprint density at radius 1 is 0.950 bits per heavy atom. The number of pyridine rings is 1. The Hall–Kier alpha value is -4.51. The Kier molecular flexibility index (Phi) is 8.06. The van der Waals surface area contributed by atoms with E-state index in [2.05, 4.69) is 5.32 Å². The molecule has 2 N–H and O–H groups in total. The second kappa shape index (κ2) is 11.3. The summed E-state index contributed by atoms with van der Waals surface area (Å²) in [6, 6.07) is 11.5. The van der Waals surface area contributed by atoms with Gasteiger partial charge in [-0.05, 0) is 60.2 Å². The van der Waals surface area contributed by atoms with E-state index in [0.29, 0.717) is 28.8 Å². The topological polar surface area (TPSA) is 88.4 Å². The predicted molar refractivity (Wildman–Crippen MR) is 137 cm³/mol. The largest absolute Gasteiger partial charge is 0.480 e. The van der Waals surface area contributed by atoms with Gasteiger partial charge in [0.1, 0.15) is 23.4 Å². The normalized spacial score (nSPS) is 12.2. The van der Waals surface area contributed by atoms with Crippen molar-refractivity contribution in [1.29, 1.82) is 0 Å². The van der Waals surface area contributed by atoms with Gasteiger partial charge in [0.05, 0.1) is 5.56 Å². The lowest BCUT2D eigenvalue weighted by atomic mass is 10.0. The zero-order valence-corrected chi connectivity index (χ0v) is 20.9. The van der Waals surface area contributed by atoms with Gasteiger partial charge in [0.25, 0.3) is 11.5 Å². The highest BCUT2D eigenvalue weighted by Gasteiger charge is 2.30. The number of nitrogens with one attached hydrogen (secondary N) is 1. The minimum absolute atomic E-state index is 0.0674. The summed E-state index contributed by atoms with van der Waals surface area (Å²) < 4.78 is 67.7. The molecule has 6 nitrogen and oxygen atoms in total. The average molecular weight is 577 g/mol. The van der Waals surface area contributed by atoms with Crippen LogP contribution >= 0.6 is 11.6 Å². The third-order valence-corrected chi connectivity index (χ3v) is 6.22. The van der Waals surface area contributed by atoms with E-state index in [-0.39, 0.29) is 23.1 Å². The minimum Gasteiger partial charge on any atom is -0.480 e. The first kappa shape index (κ1) is 28.5. The maximum atomic E-state index is 14.7. The number of carboxylic acid groups (broad SMARTS) is 1. The van der Waals surface area contributed by atoms with E-state index in [4.69, 9.17) is 11.6 Å². The highest BCUT2D eigenvalue weighted by Crippen LogP contribution is 2.30. The lowest BCUT2D eigenvalue weighted by Gasteiger charge is -2.19. The molecule has 0 bridgehead atoms. The van der Waals surface area contributed by atoms with Crippen LogP contribution in [0.1, 0.15) is 27.5 Å². The molecule has 0 fully saturated rings. The smallest absolute Gasteiger partial charge is 0.416 e. The Bertz CT molecular complexity index is 1640. The van der Waals surface area contributed by atoms with Gasteiger partial charge >= 0.3 is 12.1 Å². The highest BCUT2D eigenvalue weighted by atomic mass is 35.5. The predicted octanol–water partition coefficient (Wildman–Crippen LogP) is 6.59. The summed E-state index contributed by atoms with van der Waals surface area (Å²) in [6.45, 7) is 0. The molecule has 0 aliphatic carbocycles. The fraction of sp³-hybridized carbons (Fsp3) is 0.107. The molecule has 1 aromatic heterocycles. The summed E-state index contributed by atoms with van der Waals surface area (Å²) >= 11 is 5.89. The summed E-state index contributed by atoms with van der Waals surface area (Å²) in [7, 11) is 0. The van der Waals surface area contributed by atoms with E-state index in [0.717, 1.165) is 41.1 Å². The molecule has 206 valence electrons. The van der Waals surface area contributed by atoms with Crippen LogP contribution in [0, 0.1) is 11.6 Å². The quantitative estimate of drug-likeness (QED) is 0.243. The van der Waals surface area contributed by atoms with Gasteiger partial charge in [-0.3, -0.25) is 14.2 Å². The van der Waals surface area contributed by atoms with Gasteiger partial charge in [-0.2, -0.15) is 13.2 Å². The van der Waals surface area contributed by atoms with Crippen molar-refractivity contribution < 1.29 is 36.6 Å². The van der Waals surface area contributed by atoms with Crippen molar-refractivity contribution in [3.8, 4) is 11.1 Å². The maximum Gasteiger partial charge on any atom is 0.416 e. The number of benzene rings is 3. The van der Waals surface area contributed by atoms with E-state index in [9.17, 15) is 41.4 Å². The molecule has 40 heavy (non-hydrogen) atoms. The van der Waals surface area contributed by atoms with Crippen molar-refractivity contribution >= 4 is 29.2 Å². The van der Waals surface area contributed by atoms with Gasteiger partial charge in [0, 0.05) is 40.4 Å². The fourth-order valence-corrected chi connectivity index (χ4v) is 4.07. The number of hydrogen-bond donors (Lipinski definition) is 2. The molecule has 4 rings (SSSR count). The SMILES string of the molecule is O=C(Nc1cc(-c2ccc(F)cc2F)cn(C(Cc2ccc(Cl)cc2)C(=O)O)c1=O)c1ccc(C(F)(F)F)cc1. The van der Waals surface area contributed by atoms with E-state index < -0.39 is 52.5 Å². The summed E-state index contributed by atoms with van der Waals surface area (Å²) in [5.74, 6) is -4.29. The summed E-state index contributed by atoms with van der Waals surface area (Å²) in [4.78, 5) is 38.5. The monoisotopic (exact) mass is 576 g/mol. The molecule has 0 radical (unpaired) electrons. The van der Waals surface area contributed by atoms with Gasteiger partial charge in [-0.1, -0.05) is 23.7 Å². The average Bonchev–Trinajstić information content (AvgIpc) is 2.89. The third-order valence-electron chi connectivity index (χ3n) is 5.97.